The van der Waals surface area contributed by atoms with Crippen LogP contribution in [0, 0.1) is 6.07 Å². The summed E-state index contributed by atoms with van der Waals surface area (Å²) in [5.74, 6) is 0.917. The molecule has 0 saturated heterocycles. The van der Waals surface area contributed by atoms with Crippen LogP contribution < -0.4 is 4.90 Å². The molecule has 18 heavy (non-hydrogen) atoms. The Labute approximate surface area is 108 Å². The van der Waals surface area contributed by atoms with E-state index in [4.69, 9.17) is 0 Å². The molecule has 2 aromatic rings. The summed E-state index contributed by atoms with van der Waals surface area (Å²) in [6.07, 6.45) is 6.37. The quantitative estimate of drug-likeness (QED) is 0.764. The van der Waals surface area contributed by atoms with E-state index in [1.54, 1.807) is 12.4 Å². The summed E-state index contributed by atoms with van der Waals surface area (Å²) in [6, 6.07) is 9.36. The molecule has 3 nitrogen and oxygen atoms in total. The Balaban J connectivity index is 2.11. The van der Waals surface area contributed by atoms with Gasteiger partial charge in [-0.3, -0.25) is 4.98 Å². The third-order valence-electron chi connectivity index (χ3n) is 3.65. The number of hydrogen-bond donors (Lipinski definition) is 0. The van der Waals surface area contributed by atoms with Crippen LogP contribution >= 0.6 is 0 Å². The Morgan fingerprint density at radius 2 is 2.22 bits per heavy atom. The first-order valence-electron chi connectivity index (χ1n) is 6.23. The topological polar surface area (TPSA) is 29.0 Å². The van der Waals surface area contributed by atoms with Gasteiger partial charge >= 0.3 is 0 Å². The fourth-order valence-electron chi connectivity index (χ4n) is 2.51. The second-order valence-corrected chi connectivity index (χ2v) is 5.29. The SMILES string of the molecule is CC1(C)CCN(c2cnccn2)c2cc[c]cc21. The number of benzene rings is 1. The smallest absolute Gasteiger partial charge is 0.151 e. The number of aromatic nitrogens is 2. The van der Waals surface area contributed by atoms with Crippen LogP contribution in [0.3, 0.4) is 0 Å². The Morgan fingerprint density at radius 3 is 3.00 bits per heavy atom. The summed E-state index contributed by atoms with van der Waals surface area (Å²) in [7, 11) is 0. The Hall–Kier alpha value is -1.90. The van der Waals surface area contributed by atoms with Crippen LogP contribution in [0.2, 0.25) is 0 Å². The molecule has 2 heterocycles. The van der Waals surface area contributed by atoms with Crippen LogP contribution in [-0.4, -0.2) is 16.5 Å². The Morgan fingerprint density at radius 1 is 1.33 bits per heavy atom. The molecule has 0 fully saturated rings. The lowest BCUT2D eigenvalue weighted by atomic mass is 9.78. The highest BCUT2D eigenvalue weighted by atomic mass is 15.2. The van der Waals surface area contributed by atoms with Crippen molar-refractivity contribution in [3.8, 4) is 0 Å². The van der Waals surface area contributed by atoms with E-state index < -0.39 is 0 Å². The van der Waals surface area contributed by atoms with Gasteiger partial charge in [-0.15, -0.1) is 0 Å². The number of rotatable bonds is 1. The number of anilines is 2. The first-order chi connectivity index (χ1) is 8.68. The second kappa shape index (κ2) is 4.09. The molecule has 3 rings (SSSR count). The van der Waals surface area contributed by atoms with E-state index >= 15 is 0 Å². The first kappa shape index (κ1) is 11.2. The molecule has 0 bridgehead atoms. The van der Waals surface area contributed by atoms with Crippen molar-refractivity contribution in [1.82, 2.24) is 9.97 Å². The zero-order valence-corrected chi connectivity index (χ0v) is 10.7. The van der Waals surface area contributed by atoms with Crippen LogP contribution in [-0.2, 0) is 5.41 Å². The molecule has 0 aliphatic carbocycles. The summed E-state index contributed by atoms with van der Waals surface area (Å²) in [5, 5.41) is 0. The molecule has 1 aliphatic heterocycles. The van der Waals surface area contributed by atoms with Gasteiger partial charge in [0.05, 0.1) is 6.20 Å². The van der Waals surface area contributed by atoms with Gasteiger partial charge < -0.3 is 4.90 Å². The summed E-state index contributed by atoms with van der Waals surface area (Å²) >= 11 is 0. The molecule has 1 aromatic carbocycles. The van der Waals surface area contributed by atoms with E-state index in [0.29, 0.717) is 0 Å². The van der Waals surface area contributed by atoms with E-state index in [0.717, 1.165) is 18.8 Å². The minimum absolute atomic E-state index is 0.200. The Kier molecular flexibility index (Phi) is 2.54. The van der Waals surface area contributed by atoms with Crippen molar-refractivity contribution in [3.63, 3.8) is 0 Å². The van der Waals surface area contributed by atoms with E-state index in [1.807, 2.05) is 12.3 Å². The van der Waals surface area contributed by atoms with Gasteiger partial charge in [-0.2, -0.15) is 0 Å². The first-order valence-corrected chi connectivity index (χ1v) is 6.23. The van der Waals surface area contributed by atoms with Crippen molar-refractivity contribution in [1.29, 1.82) is 0 Å². The average Bonchev–Trinajstić information content (AvgIpc) is 2.40. The molecular formula is C15H16N3. The van der Waals surface area contributed by atoms with Crippen LogP contribution in [0.15, 0.2) is 36.8 Å². The summed E-state index contributed by atoms with van der Waals surface area (Å²) in [6.45, 7) is 5.55. The molecule has 0 saturated carbocycles. The lowest BCUT2D eigenvalue weighted by Gasteiger charge is -2.39. The fraction of sp³-hybridized carbons (Fsp3) is 0.333. The number of hydrogen-bond acceptors (Lipinski definition) is 3. The van der Waals surface area contributed by atoms with Crippen LogP contribution in [0.25, 0.3) is 0 Å². The fourth-order valence-corrected chi connectivity index (χ4v) is 2.51. The van der Waals surface area contributed by atoms with Crippen molar-refractivity contribution < 1.29 is 0 Å². The maximum absolute atomic E-state index is 4.40. The highest BCUT2D eigenvalue weighted by molar-refractivity contribution is 5.66. The minimum atomic E-state index is 0.200. The molecule has 1 radical (unpaired) electrons. The molecule has 0 atom stereocenters. The molecular weight excluding hydrogens is 222 g/mol. The largest absolute Gasteiger partial charge is 0.325 e. The normalized spacial score (nSPS) is 17.3. The van der Waals surface area contributed by atoms with E-state index in [1.165, 1.54) is 11.3 Å². The monoisotopic (exact) mass is 238 g/mol. The number of nitrogens with zero attached hydrogens (tertiary/aromatic N) is 3. The van der Waals surface area contributed by atoms with Gasteiger partial charge in [0.15, 0.2) is 5.82 Å². The molecule has 3 heteroatoms. The lowest BCUT2D eigenvalue weighted by molar-refractivity contribution is 0.466. The van der Waals surface area contributed by atoms with Gasteiger partial charge in [0, 0.05) is 24.6 Å². The summed E-state index contributed by atoms with van der Waals surface area (Å²) < 4.78 is 0. The molecule has 0 N–H and O–H groups in total. The zero-order valence-electron chi connectivity index (χ0n) is 10.7. The van der Waals surface area contributed by atoms with Crippen molar-refractivity contribution in [2.75, 3.05) is 11.4 Å². The maximum Gasteiger partial charge on any atom is 0.151 e. The van der Waals surface area contributed by atoms with Gasteiger partial charge in [0.1, 0.15) is 0 Å². The van der Waals surface area contributed by atoms with Crippen LogP contribution in [0.5, 0.6) is 0 Å². The van der Waals surface area contributed by atoms with Crippen molar-refractivity contribution >= 4 is 11.5 Å². The van der Waals surface area contributed by atoms with Crippen molar-refractivity contribution in [2.45, 2.75) is 25.7 Å². The third-order valence-corrected chi connectivity index (χ3v) is 3.65. The third kappa shape index (κ3) is 1.76. The molecule has 1 aliphatic rings. The predicted octanol–water partition coefficient (Wildman–Crippen LogP) is 3.10. The second-order valence-electron chi connectivity index (χ2n) is 5.29. The zero-order chi connectivity index (χ0) is 12.6. The molecule has 91 valence electrons. The van der Waals surface area contributed by atoms with Gasteiger partial charge in [0.2, 0.25) is 0 Å². The van der Waals surface area contributed by atoms with Gasteiger partial charge in [-0.05, 0) is 35.6 Å². The molecule has 0 spiro atoms. The van der Waals surface area contributed by atoms with E-state index in [9.17, 15) is 0 Å². The van der Waals surface area contributed by atoms with Crippen LogP contribution in [0.1, 0.15) is 25.8 Å². The molecule has 1 aromatic heterocycles. The predicted molar refractivity (Wildman–Crippen MR) is 72.0 cm³/mol. The molecule has 0 amide bonds. The average molecular weight is 238 g/mol. The minimum Gasteiger partial charge on any atom is -0.325 e. The highest BCUT2D eigenvalue weighted by Crippen LogP contribution is 2.41. The highest BCUT2D eigenvalue weighted by Gasteiger charge is 2.31. The van der Waals surface area contributed by atoms with E-state index in [2.05, 4.69) is 46.9 Å². The van der Waals surface area contributed by atoms with E-state index in [-0.39, 0.29) is 5.41 Å². The lowest BCUT2D eigenvalue weighted by Crippen LogP contribution is -2.34. The summed E-state index contributed by atoms with van der Waals surface area (Å²) in [5.41, 5.74) is 2.76. The Bertz CT molecular complexity index is 549. The maximum atomic E-state index is 4.40. The van der Waals surface area contributed by atoms with Gasteiger partial charge in [-0.1, -0.05) is 19.9 Å². The van der Waals surface area contributed by atoms with Crippen molar-refractivity contribution in [2.24, 2.45) is 0 Å². The number of fused-ring (bicyclic) bond motifs is 1. The molecule has 0 unspecified atom stereocenters. The summed E-state index contributed by atoms with van der Waals surface area (Å²) in [4.78, 5) is 10.8. The van der Waals surface area contributed by atoms with Crippen molar-refractivity contribution in [3.05, 3.63) is 48.4 Å². The van der Waals surface area contributed by atoms with Gasteiger partial charge in [0.25, 0.3) is 0 Å². The van der Waals surface area contributed by atoms with Crippen LogP contribution in [0.4, 0.5) is 11.5 Å². The standard InChI is InChI=1S/C15H16N3/c1-15(2)7-10-18(14-11-16-8-9-17-14)13-6-4-3-5-12(13)15/h4-6,8-9,11H,7,10H2,1-2H3. The van der Waals surface area contributed by atoms with Gasteiger partial charge in [-0.25, -0.2) is 4.98 Å².